The first-order chi connectivity index (χ1) is 16.0. The Hall–Kier alpha value is -4.11. The third-order valence-electron chi connectivity index (χ3n) is 5.35. The van der Waals surface area contributed by atoms with Crippen LogP contribution >= 0.6 is 0 Å². The number of nitrogens with one attached hydrogen (secondary N) is 2. The van der Waals surface area contributed by atoms with Crippen molar-refractivity contribution in [2.24, 2.45) is 0 Å². The van der Waals surface area contributed by atoms with Gasteiger partial charge in [-0.2, -0.15) is 5.10 Å². The van der Waals surface area contributed by atoms with E-state index in [1.807, 2.05) is 43.3 Å². The van der Waals surface area contributed by atoms with Gasteiger partial charge in [-0.25, -0.2) is 4.98 Å². The Bertz CT molecular complexity index is 1310. The molecule has 9 heteroatoms. The van der Waals surface area contributed by atoms with Crippen molar-refractivity contribution in [2.75, 3.05) is 33.3 Å². The number of anilines is 1. The molecule has 2 aromatic carbocycles. The Morgan fingerprint density at radius 3 is 2.36 bits per heavy atom. The molecule has 9 nitrogen and oxygen atoms in total. The summed E-state index contributed by atoms with van der Waals surface area (Å²) in [6.45, 7) is 1.31. The number of methoxy groups -OCH3 is 3. The number of rotatable bonds is 7. The van der Waals surface area contributed by atoms with Crippen LogP contribution in [-0.2, 0) is 4.79 Å². The fraction of sp³-hybridized carbons (Fsp3) is 0.208. The molecule has 4 rings (SSSR count). The van der Waals surface area contributed by atoms with Gasteiger partial charge in [0.15, 0.2) is 17.1 Å². The minimum absolute atomic E-state index is 0.469. The highest BCUT2D eigenvalue weighted by molar-refractivity contribution is 5.95. The molecule has 2 aromatic heterocycles. The van der Waals surface area contributed by atoms with Crippen LogP contribution in [0, 0.1) is 6.92 Å². The zero-order valence-electron chi connectivity index (χ0n) is 18.7. The van der Waals surface area contributed by atoms with Crippen LogP contribution in [0.5, 0.6) is 17.2 Å². The summed E-state index contributed by atoms with van der Waals surface area (Å²) in [5.41, 5.74) is 5.32. The largest absolute Gasteiger partial charge is 0.493 e. The summed E-state index contributed by atoms with van der Waals surface area (Å²) < 4.78 is 16.4. The molecule has 170 valence electrons. The summed E-state index contributed by atoms with van der Waals surface area (Å²) in [4.78, 5) is 16.2. The third kappa shape index (κ3) is 4.18. The van der Waals surface area contributed by atoms with Crippen molar-refractivity contribution < 1.29 is 24.1 Å². The first kappa shape index (κ1) is 22.1. The molecule has 33 heavy (non-hydrogen) atoms. The predicted molar refractivity (Wildman–Crippen MR) is 125 cm³/mol. The Morgan fingerprint density at radius 1 is 1.00 bits per heavy atom. The van der Waals surface area contributed by atoms with Crippen molar-refractivity contribution in [1.82, 2.24) is 15.2 Å². The van der Waals surface area contributed by atoms with Crippen LogP contribution in [0.25, 0.3) is 33.4 Å². The van der Waals surface area contributed by atoms with Gasteiger partial charge in [-0.05, 0) is 42.3 Å². The maximum absolute atomic E-state index is 11.7. The summed E-state index contributed by atoms with van der Waals surface area (Å²) >= 11 is 0. The molecule has 0 aliphatic rings. The number of aromatic nitrogens is 3. The molecule has 0 fully saturated rings. The van der Waals surface area contributed by atoms with Gasteiger partial charge in [-0.15, -0.1) is 0 Å². The number of pyridine rings is 1. The number of carbonyl (C=O) groups excluding carboxylic acids is 1. The minimum atomic E-state index is -0.579. The number of hydrogen-bond acceptors (Lipinski definition) is 7. The molecule has 2 heterocycles. The van der Waals surface area contributed by atoms with Gasteiger partial charge in [-0.3, -0.25) is 9.89 Å². The Morgan fingerprint density at radius 2 is 1.73 bits per heavy atom. The van der Waals surface area contributed by atoms with E-state index in [0.717, 1.165) is 33.3 Å². The van der Waals surface area contributed by atoms with E-state index < -0.39 is 12.5 Å². The number of amides is 1. The van der Waals surface area contributed by atoms with Crippen molar-refractivity contribution in [2.45, 2.75) is 6.92 Å². The van der Waals surface area contributed by atoms with Crippen molar-refractivity contribution in [1.29, 1.82) is 0 Å². The molecule has 1 amide bonds. The van der Waals surface area contributed by atoms with Crippen LogP contribution in [0.15, 0.2) is 42.6 Å². The van der Waals surface area contributed by atoms with E-state index in [2.05, 4.69) is 20.5 Å². The normalized spacial score (nSPS) is 10.8. The van der Waals surface area contributed by atoms with Crippen LogP contribution in [-0.4, -0.2) is 54.1 Å². The average Bonchev–Trinajstić information content (AvgIpc) is 3.27. The summed E-state index contributed by atoms with van der Waals surface area (Å²) in [6.07, 6.45) is 1.73. The Balaban J connectivity index is 1.81. The quantitative estimate of drug-likeness (QED) is 0.396. The van der Waals surface area contributed by atoms with Gasteiger partial charge in [0.05, 0.1) is 27.0 Å². The standard InChI is InChI=1S/C24H24N4O5/c1-13-5-6-14(8-18(13)26-21(30)12-29)16-7-17-22(27-28-24(17)25-11-16)15-9-19(31-2)23(33-4)20(10-15)32-3/h5-11,29H,12H2,1-4H3,(H,26,30)(H,25,27,28). The van der Waals surface area contributed by atoms with Crippen molar-refractivity contribution in [3.05, 3.63) is 48.2 Å². The van der Waals surface area contributed by atoms with Crippen LogP contribution in [0.1, 0.15) is 5.56 Å². The molecule has 3 N–H and O–H groups in total. The number of hydrogen-bond donors (Lipinski definition) is 3. The lowest BCUT2D eigenvalue weighted by Crippen LogP contribution is -2.16. The zero-order chi connectivity index (χ0) is 23.5. The summed E-state index contributed by atoms with van der Waals surface area (Å²) in [5, 5.41) is 20.0. The van der Waals surface area contributed by atoms with Gasteiger partial charge < -0.3 is 24.6 Å². The molecule has 0 saturated heterocycles. The summed E-state index contributed by atoms with van der Waals surface area (Å²) in [7, 11) is 4.69. The van der Waals surface area contributed by atoms with Crippen molar-refractivity contribution >= 4 is 22.6 Å². The van der Waals surface area contributed by atoms with E-state index in [-0.39, 0.29) is 0 Å². The number of benzene rings is 2. The van der Waals surface area contributed by atoms with Crippen molar-refractivity contribution in [3.8, 4) is 39.6 Å². The molecule has 0 unspecified atom stereocenters. The molecule has 0 atom stereocenters. The van der Waals surface area contributed by atoms with Crippen LogP contribution in [0.2, 0.25) is 0 Å². The van der Waals surface area contributed by atoms with E-state index >= 15 is 0 Å². The van der Waals surface area contributed by atoms with Gasteiger partial charge in [0, 0.05) is 28.4 Å². The second kappa shape index (κ2) is 9.17. The molecule has 4 aromatic rings. The van der Waals surface area contributed by atoms with E-state index in [4.69, 9.17) is 19.3 Å². The fourth-order valence-electron chi connectivity index (χ4n) is 3.63. The van der Waals surface area contributed by atoms with Gasteiger partial charge in [0.2, 0.25) is 11.7 Å². The van der Waals surface area contributed by atoms with Gasteiger partial charge >= 0.3 is 0 Å². The van der Waals surface area contributed by atoms with Gasteiger partial charge in [-0.1, -0.05) is 12.1 Å². The SMILES string of the molecule is COc1cc(-c2[nH]nc3ncc(-c4ccc(C)c(NC(=O)CO)c4)cc23)cc(OC)c1OC. The number of nitrogens with zero attached hydrogens (tertiary/aromatic N) is 2. The van der Waals surface area contributed by atoms with Crippen molar-refractivity contribution in [3.63, 3.8) is 0 Å². The number of carbonyl (C=O) groups is 1. The Labute approximate surface area is 190 Å². The smallest absolute Gasteiger partial charge is 0.250 e. The average molecular weight is 448 g/mol. The fourth-order valence-corrected chi connectivity index (χ4v) is 3.63. The number of aliphatic hydroxyl groups excluding tert-OH is 1. The first-order valence-electron chi connectivity index (χ1n) is 10.1. The molecular formula is C24H24N4O5. The number of H-pyrrole nitrogens is 1. The Kier molecular flexibility index (Phi) is 6.14. The van der Waals surface area contributed by atoms with Crippen LogP contribution < -0.4 is 19.5 Å². The maximum Gasteiger partial charge on any atom is 0.250 e. The molecule has 0 bridgehead atoms. The lowest BCUT2D eigenvalue weighted by molar-refractivity contribution is -0.118. The van der Waals surface area contributed by atoms with E-state index in [1.54, 1.807) is 27.5 Å². The second-order valence-corrected chi connectivity index (χ2v) is 7.34. The molecule has 0 spiro atoms. The number of aromatic amines is 1. The number of ether oxygens (including phenoxy) is 3. The lowest BCUT2D eigenvalue weighted by atomic mass is 10.0. The van der Waals surface area contributed by atoms with E-state index in [0.29, 0.717) is 28.6 Å². The lowest BCUT2D eigenvalue weighted by Gasteiger charge is -2.14. The minimum Gasteiger partial charge on any atom is -0.493 e. The van der Waals surface area contributed by atoms with Crippen LogP contribution in [0.3, 0.4) is 0 Å². The first-order valence-corrected chi connectivity index (χ1v) is 10.1. The zero-order valence-corrected chi connectivity index (χ0v) is 18.7. The number of aryl methyl sites for hydroxylation is 1. The highest BCUT2D eigenvalue weighted by Crippen LogP contribution is 2.42. The number of aliphatic hydroxyl groups is 1. The summed E-state index contributed by atoms with van der Waals surface area (Å²) in [6, 6.07) is 11.4. The topological polar surface area (TPSA) is 119 Å². The molecule has 0 saturated carbocycles. The highest BCUT2D eigenvalue weighted by Gasteiger charge is 2.18. The van der Waals surface area contributed by atoms with Gasteiger partial charge in [0.1, 0.15) is 6.61 Å². The summed E-state index contributed by atoms with van der Waals surface area (Å²) in [5.74, 6) is 1.09. The molecule has 0 aliphatic carbocycles. The molecule has 0 aliphatic heterocycles. The maximum atomic E-state index is 11.7. The van der Waals surface area contributed by atoms with E-state index in [1.165, 1.54) is 0 Å². The second-order valence-electron chi connectivity index (χ2n) is 7.34. The highest BCUT2D eigenvalue weighted by atomic mass is 16.5. The van der Waals surface area contributed by atoms with Crippen LogP contribution in [0.4, 0.5) is 5.69 Å². The monoisotopic (exact) mass is 448 g/mol. The van der Waals surface area contributed by atoms with E-state index in [9.17, 15) is 4.79 Å². The third-order valence-corrected chi connectivity index (χ3v) is 5.35. The van der Waals surface area contributed by atoms with Gasteiger partial charge in [0.25, 0.3) is 0 Å². The predicted octanol–water partition coefficient (Wildman–Crippen LogP) is 3.56. The number of fused-ring (bicyclic) bond motifs is 1. The molecular weight excluding hydrogens is 424 g/mol. The molecule has 0 radical (unpaired) electrons.